The van der Waals surface area contributed by atoms with Gasteiger partial charge < -0.3 is 19.1 Å². The highest BCUT2D eigenvalue weighted by Gasteiger charge is 2.42. The van der Waals surface area contributed by atoms with Crippen LogP contribution in [-0.2, 0) is 21.5 Å². The van der Waals surface area contributed by atoms with E-state index in [1.54, 1.807) is 14.2 Å². The standard InChI is InChI=1S/C27H37NO4/c1-6-25(29)28(19-21-12-13-23(30-4)24(18-21)31-5)16-14-27(22-10-8-7-9-11-22)15-17-32-26(2,3)20-27/h7-13,18H,6,14-17,19-20H2,1-5H3/t27-/m0/s1. The molecule has 1 heterocycles. The Kier molecular flexibility index (Phi) is 7.83. The molecular weight excluding hydrogens is 402 g/mol. The number of carbonyl (C=O) groups is 1. The van der Waals surface area contributed by atoms with Gasteiger partial charge in [-0.25, -0.2) is 0 Å². The first kappa shape index (κ1) is 24.1. The van der Waals surface area contributed by atoms with E-state index in [4.69, 9.17) is 14.2 Å². The molecule has 0 spiro atoms. The lowest BCUT2D eigenvalue weighted by molar-refractivity contribution is -0.132. The van der Waals surface area contributed by atoms with Crippen molar-refractivity contribution < 1.29 is 19.0 Å². The van der Waals surface area contributed by atoms with E-state index < -0.39 is 0 Å². The molecule has 5 nitrogen and oxygen atoms in total. The largest absolute Gasteiger partial charge is 0.493 e. The summed E-state index contributed by atoms with van der Waals surface area (Å²) in [6, 6.07) is 16.6. The van der Waals surface area contributed by atoms with E-state index in [-0.39, 0.29) is 16.9 Å². The molecule has 1 saturated heterocycles. The predicted octanol–water partition coefficient (Wildman–Crippen LogP) is 5.36. The van der Waals surface area contributed by atoms with Crippen molar-refractivity contribution in [2.45, 2.75) is 64.0 Å². The molecule has 2 aromatic rings. The molecule has 1 aliphatic rings. The topological polar surface area (TPSA) is 48.0 Å². The van der Waals surface area contributed by atoms with E-state index in [1.807, 2.05) is 30.0 Å². The van der Waals surface area contributed by atoms with Gasteiger partial charge in [0.1, 0.15) is 0 Å². The Hall–Kier alpha value is -2.53. The third kappa shape index (κ3) is 5.63. The summed E-state index contributed by atoms with van der Waals surface area (Å²) in [5.74, 6) is 1.53. The minimum atomic E-state index is -0.183. The maximum atomic E-state index is 12.9. The molecule has 174 valence electrons. The second-order valence-electron chi connectivity index (χ2n) is 9.29. The van der Waals surface area contributed by atoms with Gasteiger partial charge in [0.05, 0.1) is 19.8 Å². The molecule has 32 heavy (non-hydrogen) atoms. The molecule has 1 atom stereocenters. The molecule has 1 amide bonds. The van der Waals surface area contributed by atoms with Crippen molar-refractivity contribution in [3.8, 4) is 11.5 Å². The lowest BCUT2D eigenvalue weighted by atomic mass is 9.67. The molecule has 5 heteroatoms. The van der Waals surface area contributed by atoms with Crippen LogP contribution in [0, 0.1) is 0 Å². The van der Waals surface area contributed by atoms with Crippen molar-refractivity contribution in [3.05, 3.63) is 59.7 Å². The van der Waals surface area contributed by atoms with E-state index in [2.05, 4.69) is 44.2 Å². The maximum Gasteiger partial charge on any atom is 0.222 e. The Morgan fingerprint density at radius 2 is 1.78 bits per heavy atom. The highest BCUT2D eigenvalue weighted by molar-refractivity contribution is 5.75. The summed E-state index contributed by atoms with van der Waals surface area (Å²) in [6.45, 7) is 8.25. The average Bonchev–Trinajstić information content (AvgIpc) is 2.81. The summed E-state index contributed by atoms with van der Waals surface area (Å²) >= 11 is 0. The summed E-state index contributed by atoms with van der Waals surface area (Å²) in [4.78, 5) is 14.9. The van der Waals surface area contributed by atoms with E-state index in [1.165, 1.54) is 5.56 Å². The second-order valence-corrected chi connectivity index (χ2v) is 9.29. The first-order chi connectivity index (χ1) is 15.3. The fraction of sp³-hybridized carbons (Fsp3) is 0.519. The fourth-order valence-electron chi connectivity index (χ4n) is 4.94. The van der Waals surface area contributed by atoms with E-state index in [0.29, 0.717) is 31.0 Å². The number of benzene rings is 2. The summed E-state index contributed by atoms with van der Waals surface area (Å²) in [6.07, 6.45) is 3.29. The monoisotopic (exact) mass is 439 g/mol. The molecule has 1 aliphatic heterocycles. The Morgan fingerprint density at radius 1 is 1.06 bits per heavy atom. The Balaban J connectivity index is 1.83. The molecule has 2 aromatic carbocycles. The zero-order valence-electron chi connectivity index (χ0n) is 20.1. The van der Waals surface area contributed by atoms with Crippen LogP contribution in [0.15, 0.2) is 48.5 Å². The molecule has 0 saturated carbocycles. The molecule has 1 fully saturated rings. The van der Waals surface area contributed by atoms with Crippen LogP contribution in [0.5, 0.6) is 11.5 Å². The van der Waals surface area contributed by atoms with Gasteiger partial charge in [-0.3, -0.25) is 4.79 Å². The van der Waals surface area contributed by atoms with Gasteiger partial charge in [-0.2, -0.15) is 0 Å². The Bertz CT molecular complexity index is 896. The fourth-order valence-corrected chi connectivity index (χ4v) is 4.94. The van der Waals surface area contributed by atoms with Crippen molar-refractivity contribution in [3.63, 3.8) is 0 Å². The number of hydrogen-bond acceptors (Lipinski definition) is 4. The second kappa shape index (κ2) is 10.4. The molecule has 0 unspecified atom stereocenters. The third-order valence-corrected chi connectivity index (χ3v) is 6.56. The zero-order chi connectivity index (χ0) is 23.2. The van der Waals surface area contributed by atoms with Crippen LogP contribution < -0.4 is 9.47 Å². The van der Waals surface area contributed by atoms with Crippen LogP contribution in [0.4, 0.5) is 0 Å². The SMILES string of the molecule is CCC(=O)N(CC[C@]1(c2ccccc2)CCOC(C)(C)C1)Cc1ccc(OC)c(OC)c1. The Labute approximate surface area is 192 Å². The molecule has 0 bridgehead atoms. The van der Waals surface area contributed by atoms with Crippen molar-refractivity contribution in [2.24, 2.45) is 0 Å². The van der Waals surface area contributed by atoms with Crippen LogP contribution in [-0.4, -0.2) is 43.8 Å². The van der Waals surface area contributed by atoms with E-state index in [9.17, 15) is 4.79 Å². The number of carbonyl (C=O) groups excluding carboxylic acids is 1. The average molecular weight is 440 g/mol. The predicted molar refractivity (Wildman–Crippen MR) is 127 cm³/mol. The summed E-state index contributed by atoms with van der Waals surface area (Å²) in [5, 5.41) is 0. The van der Waals surface area contributed by atoms with Gasteiger partial charge in [-0.15, -0.1) is 0 Å². The van der Waals surface area contributed by atoms with Crippen LogP contribution in [0.3, 0.4) is 0 Å². The number of amides is 1. The van der Waals surface area contributed by atoms with Gasteiger partial charge >= 0.3 is 0 Å². The lowest BCUT2D eigenvalue weighted by Gasteiger charge is -2.46. The van der Waals surface area contributed by atoms with Gasteiger partial charge in [-0.05, 0) is 56.4 Å². The van der Waals surface area contributed by atoms with Crippen molar-refractivity contribution in [1.29, 1.82) is 0 Å². The first-order valence-electron chi connectivity index (χ1n) is 11.5. The minimum absolute atomic E-state index is 0.00706. The molecule has 0 radical (unpaired) electrons. The number of hydrogen-bond donors (Lipinski definition) is 0. The normalized spacial score (nSPS) is 19.9. The number of ether oxygens (including phenoxy) is 3. The van der Waals surface area contributed by atoms with E-state index in [0.717, 1.165) is 31.4 Å². The Morgan fingerprint density at radius 3 is 2.41 bits per heavy atom. The van der Waals surface area contributed by atoms with Gasteiger partial charge in [0, 0.05) is 31.5 Å². The maximum absolute atomic E-state index is 12.9. The van der Waals surface area contributed by atoms with Crippen LogP contribution in [0.1, 0.15) is 57.6 Å². The number of rotatable bonds is 9. The van der Waals surface area contributed by atoms with Gasteiger partial charge in [0.25, 0.3) is 0 Å². The van der Waals surface area contributed by atoms with Crippen LogP contribution in [0.25, 0.3) is 0 Å². The highest BCUT2D eigenvalue weighted by Crippen LogP contribution is 2.44. The summed E-state index contributed by atoms with van der Waals surface area (Å²) < 4.78 is 16.9. The number of methoxy groups -OCH3 is 2. The quantitative estimate of drug-likeness (QED) is 0.528. The molecule has 0 aromatic heterocycles. The molecule has 3 rings (SSSR count). The lowest BCUT2D eigenvalue weighted by Crippen LogP contribution is -2.46. The van der Waals surface area contributed by atoms with E-state index >= 15 is 0 Å². The zero-order valence-corrected chi connectivity index (χ0v) is 20.1. The third-order valence-electron chi connectivity index (χ3n) is 6.56. The van der Waals surface area contributed by atoms with Crippen molar-refractivity contribution in [1.82, 2.24) is 4.90 Å². The first-order valence-corrected chi connectivity index (χ1v) is 11.5. The minimum Gasteiger partial charge on any atom is -0.493 e. The van der Waals surface area contributed by atoms with Crippen molar-refractivity contribution >= 4 is 5.91 Å². The number of nitrogens with zero attached hydrogens (tertiary/aromatic N) is 1. The summed E-state index contributed by atoms with van der Waals surface area (Å²) in [5.41, 5.74) is 2.18. The highest BCUT2D eigenvalue weighted by atomic mass is 16.5. The van der Waals surface area contributed by atoms with Crippen molar-refractivity contribution in [2.75, 3.05) is 27.4 Å². The van der Waals surface area contributed by atoms with Gasteiger partial charge in [0.2, 0.25) is 5.91 Å². The van der Waals surface area contributed by atoms with Gasteiger partial charge in [-0.1, -0.05) is 43.3 Å². The summed E-state index contributed by atoms with van der Waals surface area (Å²) in [7, 11) is 3.26. The molecule has 0 aliphatic carbocycles. The van der Waals surface area contributed by atoms with Gasteiger partial charge in [0.15, 0.2) is 11.5 Å². The molecule has 0 N–H and O–H groups in total. The molecular formula is C27H37NO4. The smallest absolute Gasteiger partial charge is 0.222 e. The van der Waals surface area contributed by atoms with Crippen LogP contribution >= 0.6 is 0 Å². The van der Waals surface area contributed by atoms with Crippen LogP contribution in [0.2, 0.25) is 0 Å².